The van der Waals surface area contributed by atoms with Crippen molar-refractivity contribution in [2.75, 3.05) is 0 Å². The maximum Gasteiger partial charge on any atom is 0.347 e. The number of H-pyrrole nitrogens is 1. The maximum atomic E-state index is 12.6. The molecule has 4 nitrogen and oxygen atoms in total. The molecule has 0 amide bonds. The summed E-state index contributed by atoms with van der Waals surface area (Å²) >= 11 is 6.31. The quantitative estimate of drug-likeness (QED) is 0.358. The lowest BCUT2D eigenvalue weighted by molar-refractivity contribution is 0.563. The van der Waals surface area contributed by atoms with Crippen molar-refractivity contribution in [3.63, 3.8) is 0 Å². The summed E-state index contributed by atoms with van der Waals surface area (Å²) in [5.41, 5.74) is 6.78. The number of nitrogens with zero attached hydrogens (tertiary/aromatic N) is 1. The first-order valence-corrected chi connectivity index (χ1v) is 10.1. The van der Waals surface area contributed by atoms with Gasteiger partial charge in [-0.3, -0.25) is 0 Å². The van der Waals surface area contributed by atoms with Crippen LogP contribution < -0.4 is 5.63 Å². The molecule has 5 aromatic rings. The maximum absolute atomic E-state index is 12.6. The van der Waals surface area contributed by atoms with Crippen LogP contribution in [0.15, 0.2) is 69.9 Å². The minimum Gasteiger partial charge on any atom is -0.422 e. The molecule has 0 radical (unpaired) electrons. The molecular weight excluding hydrogens is 396 g/mol. The highest BCUT2D eigenvalue weighted by atomic mass is 35.5. The molecule has 0 fully saturated rings. The molecule has 0 aliphatic carbocycles. The van der Waals surface area contributed by atoms with Gasteiger partial charge in [-0.25, -0.2) is 9.78 Å². The van der Waals surface area contributed by atoms with E-state index in [0.717, 1.165) is 38.1 Å². The molecule has 0 unspecified atom stereocenters. The summed E-state index contributed by atoms with van der Waals surface area (Å²) in [6.45, 7) is 4.11. The smallest absolute Gasteiger partial charge is 0.347 e. The van der Waals surface area contributed by atoms with Gasteiger partial charge in [0.15, 0.2) is 0 Å². The highest BCUT2D eigenvalue weighted by Gasteiger charge is 2.13. The fourth-order valence-electron chi connectivity index (χ4n) is 3.71. The van der Waals surface area contributed by atoms with Crippen LogP contribution in [0.2, 0.25) is 5.02 Å². The Bertz CT molecular complexity index is 1440. The van der Waals surface area contributed by atoms with E-state index in [1.807, 2.05) is 67.6 Å². The molecule has 2 aromatic heterocycles. The zero-order chi connectivity index (χ0) is 20.8. The van der Waals surface area contributed by atoms with Crippen molar-refractivity contribution < 1.29 is 4.42 Å². The van der Waals surface area contributed by atoms with Crippen LogP contribution in [0.1, 0.15) is 22.3 Å². The zero-order valence-corrected chi connectivity index (χ0v) is 17.4. The lowest BCUT2D eigenvalue weighted by Crippen LogP contribution is -2.04. The average Bonchev–Trinajstić information content (AvgIpc) is 3.12. The van der Waals surface area contributed by atoms with Crippen LogP contribution >= 0.6 is 11.6 Å². The molecule has 0 aliphatic heterocycles. The average molecular weight is 415 g/mol. The van der Waals surface area contributed by atoms with E-state index in [1.165, 1.54) is 5.56 Å². The van der Waals surface area contributed by atoms with Crippen LogP contribution in [0.5, 0.6) is 0 Å². The SMILES string of the molecule is Cc1cc2nc(-c3cc4cc(Cc5ccccc5Cl)ccc4oc3=O)[nH]c2cc1C. The third-order valence-corrected chi connectivity index (χ3v) is 5.87. The molecule has 0 aliphatic rings. The van der Waals surface area contributed by atoms with Crippen LogP contribution in [0.3, 0.4) is 0 Å². The van der Waals surface area contributed by atoms with Crippen molar-refractivity contribution in [2.45, 2.75) is 20.3 Å². The van der Waals surface area contributed by atoms with Crippen molar-refractivity contribution in [1.29, 1.82) is 0 Å². The van der Waals surface area contributed by atoms with Crippen LogP contribution in [-0.2, 0) is 6.42 Å². The van der Waals surface area contributed by atoms with Gasteiger partial charge in [0, 0.05) is 10.4 Å². The van der Waals surface area contributed by atoms with Gasteiger partial charge in [-0.1, -0.05) is 35.9 Å². The number of halogens is 1. The minimum absolute atomic E-state index is 0.408. The predicted octanol–water partition coefficient (Wildman–Crippen LogP) is 6.20. The van der Waals surface area contributed by atoms with Gasteiger partial charge in [-0.2, -0.15) is 0 Å². The van der Waals surface area contributed by atoms with E-state index in [0.29, 0.717) is 23.4 Å². The van der Waals surface area contributed by atoms with Gasteiger partial charge in [-0.05, 0) is 78.9 Å². The van der Waals surface area contributed by atoms with Gasteiger partial charge >= 0.3 is 5.63 Å². The second-order valence-corrected chi connectivity index (χ2v) is 8.03. The summed E-state index contributed by atoms with van der Waals surface area (Å²) < 4.78 is 5.58. The Labute approximate surface area is 178 Å². The molecule has 30 heavy (non-hydrogen) atoms. The predicted molar refractivity (Wildman–Crippen MR) is 121 cm³/mol. The first-order valence-electron chi connectivity index (χ1n) is 9.75. The monoisotopic (exact) mass is 414 g/mol. The number of rotatable bonds is 3. The Kier molecular flexibility index (Phi) is 4.44. The standard InChI is InChI=1S/C25H19ClN2O2/c1-14-9-21-22(10-15(14)2)28-24(27-21)19-13-18-12-16(7-8-23(18)30-25(19)29)11-17-5-3-4-6-20(17)26/h3-10,12-13H,11H2,1-2H3,(H,27,28). The Morgan fingerprint density at radius 2 is 1.80 bits per heavy atom. The normalized spacial score (nSPS) is 11.4. The highest BCUT2D eigenvalue weighted by molar-refractivity contribution is 6.31. The second kappa shape index (κ2) is 7.15. The van der Waals surface area contributed by atoms with E-state index < -0.39 is 5.63 Å². The number of benzene rings is 3. The van der Waals surface area contributed by atoms with Crippen LogP contribution in [-0.4, -0.2) is 9.97 Å². The first-order chi connectivity index (χ1) is 14.5. The lowest BCUT2D eigenvalue weighted by atomic mass is 10.0. The van der Waals surface area contributed by atoms with E-state index in [4.69, 9.17) is 16.0 Å². The number of fused-ring (bicyclic) bond motifs is 2. The Morgan fingerprint density at radius 3 is 2.63 bits per heavy atom. The zero-order valence-electron chi connectivity index (χ0n) is 16.6. The van der Waals surface area contributed by atoms with Gasteiger partial charge in [0.1, 0.15) is 17.0 Å². The fraction of sp³-hybridized carbons (Fsp3) is 0.120. The van der Waals surface area contributed by atoms with Crippen molar-refractivity contribution in [2.24, 2.45) is 0 Å². The van der Waals surface area contributed by atoms with Crippen molar-refractivity contribution in [1.82, 2.24) is 9.97 Å². The molecule has 0 atom stereocenters. The van der Waals surface area contributed by atoms with Gasteiger partial charge < -0.3 is 9.40 Å². The summed E-state index contributed by atoms with van der Waals surface area (Å²) in [7, 11) is 0. The molecule has 0 bridgehead atoms. The number of imidazole rings is 1. The van der Waals surface area contributed by atoms with E-state index in [1.54, 1.807) is 0 Å². The van der Waals surface area contributed by atoms with Gasteiger partial charge in [0.25, 0.3) is 0 Å². The third kappa shape index (κ3) is 3.29. The molecule has 5 heteroatoms. The van der Waals surface area contributed by atoms with Crippen LogP contribution in [0.4, 0.5) is 0 Å². The van der Waals surface area contributed by atoms with E-state index in [9.17, 15) is 4.79 Å². The van der Waals surface area contributed by atoms with Crippen LogP contribution in [0.25, 0.3) is 33.4 Å². The number of hydrogen-bond donors (Lipinski definition) is 1. The molecule has 1 N–H and O–H groups in total. The molecule has 148 valence electrons. The Morgan fingerprint density at radius 1 is 1.00 bits per heavy atom. The second-order valence-electron chi connectivity index (χ2n) is 7.63. The van der Waals surface area contributed by atoms with Gasteiger partial charge in [0.2, 0.25) is 0 Å². The highest BCUT2D eigenvalue weighted by Crippen LogP contribution is 2.26. The molecule has 5 rings (SSSR count). The van der Waals surface area contributed by atoms with Gasteiger partial charge in [-0.15, -0.1) is 0 Å². The van der Waals surface area contributed by atoms with E-state index in [2.05, 4.69) is 16.9 Å². The number of nitrogens with one attached hydrogen (secondary N) is 1. The topological polar surface area (TPSA) is 58.9 Å². The summed E-state index contributed by atoms with van der Waals surface area (Å²) in [5, 5.41) is 1.59. The summed E-state index contributed by atoms with van der Waals surface area (Å²) in [5.74, 6) is 0.516. The molecule has 0 spiro atoms. The molecular formula is C25H19ClN2O2. The first kappa shape index (κ1) is 18.6. The van der Waals surface area contributed by atoms with Crippen molar-refractivity contribution >= 4 is 33.6 Å². The largest absolute Gasteiger partial charge is 0.422 e. The Hall–Kier alpha value is -3.37. The number of aromatic nitrogens is 2. The summed E-state index contributed by atoms with van der Waals surface area (Å²) in [4.78, 5) is 20.5. The van der Waals surface area contributed by atoms with Gasteiger partial charge in [0.05, 0.1) is 11.0 Å². The van der Waals surface area contributed by atoms with E-state index in [-0.39, 0.29) is 0 Å². The third-order valence-electron chi connectivity index (χ3n) is 5.50. The minimum atomic E-state index is -0.408. The van der Waals surface area contributed by atoms with Crippen molar-refractivity contribution in [3.05, 3.63) is 98.4 Å². The molecule has 2 heterocycles. The Balaban J connectivity index is 1.60. The van der Waals surface area contributed by atoms with Crippen molar-refractivity contribution in [3.8, 4) is 11.4 Å². The number of hydrogen-bond acceptors (Lipinski definition) is 3. The van der Waals surface area contributed by atoms with E-state index >= 15 is 0 Å². The fourth-order valence-corrected chi connectivity index (χ4v) is 3.91. The molecule has 0 saturated carbocycles. The lowest BCUT2D eigenvalue weighted by Gasteiger charge is -2.06. The molecule has 3 aromatic carbocycles. The number of aromatic amines is 1. The molecule has 0 saturated heterocycles. The van der Waals surface area contributed by atoms with Crippen LogP contribution in [0, 0.1) is 13.8 Å². The summed E-state index contributed by atoms with van der Waals surface area (Å²) in [6, 6.07) is 19.5. The summed E-state index contributed by atoms with van der Waals surface area (Å²) in [6.07, 6.45) is 0.702. The number of aryl methyl sites for hydroxylation is 2.